The molecule has 3 heterocycles. The number of aromatic nitrogens is 2. The lowest BCUT2D eigenvalue weighted by Gasteiger charge is -2.18. The van der Waals surface area contributed by atoms with Gasteiger partial charge in [-0.1, -0.05) is 12.1 Å². The van der Waals surface area contributed by atoms with Crippen LogP contribution in [0, 0.1) is 0 Å². The molecule has 0 spiro atoms. The number of methoxy groups -OCH3 is 1. The Morgan fingerprint density at radius 2 is 1.97 bits per heavy atom. The lowest BCUT2D eigenvalue weighted by molar-refractivity contribution is 0.419. The molecule has 31 heavy (non-hydrogen) atoms. The van der Waals surface area contributed by atoms with Gasteiger partial charge in [-0.3, -0.25) is 14.0 Å². The second-order valence-corrected chi connectivity index (χ2v) is 9.00. The average Bonchev–Trinajstić information content (AvgIpc) is 3.43. The van der Waals surface area contributed by atoms with E-state index in [1.165, 1.54) is 22.7 Å². The fraction of sp³-hybridized carbons (Fsp3) is 0.304. The number of ether oxygens (including phenoxy) is 1. The number of aromatic amines is 1. The van der Waals surface area contributed by atoms with Crippen LogP contribution in [0.4, 0.5) is 0 Å². The fourth-order valence-electron chi connectivity index (χ4n) is 4.73. The minimum Gasteiger partial charge on any atom is -0.494 e. The zero-order valence-corrected chi connectivity index (χ0v) is 18.8. The predicted molar refractivity (Wildman–Crippen MR) is 127 cm³/mol. The normalized spacial score (nSPS) is 17.7. The summed E-state index contributed by atoms with van der Waals surface area (Å²) >= 11 is 1.24. The molecule has 2 aromatic heterocycles. The SMILES string of the molecule is COc1c(-c2ccc3c(c2)CN[C@@H]3C)ccc2c(=O)c3c(=O)[nH]sc3n(C3CC3)c12.Cl. The van der Waals surface area contributed by atoms with Crippen molar-refractivity contribution in [2.45, 2.75) is 38.4 Å². The van der Waals surface area contributed by atoms with Crippen LogP contribution in [-0.2, 0) is 6.54 Å². The third-order valence-electron chi connectivity index (χ3n) is 6.38. The molecule has 1 saturated carbocycles. The minimum atomic E-state index is -0.306. The molecule has 4 aromatic rings. The van der Waals surface area contributed by atoms with Gasteiger partial charge in [0.15, 0.2) is 5.75 Å². The van der Waals surface area contributed by atoms with Crippen molar-refractivity contribution in [3.05, 3.63) is 62.0 Å². The molecule has 0 amide bonds. The van der Waals surface area contributed by atoms with E-state index in [9.17, 15) is 9.59 Å². The third-order valence-corrected chi connectivity index (χ3v) is 7.26. The number of nitrogens with one attached hydrogen (secondary N) is 2. The molecule has 2 aliphatic rings. The zero-order valence-electron chi connectivity index (χ0n) is 17.2. The molecule has 1 fully saturated rings. The maximum atomic E-state index is 13.2. The first-order valence-electron chi connectivity index (χ1n) is 10.2. The Hall–Kier alpha value is -2.61. The van der Waals surface area contributed by atoms with Crippen molar-refractivity contribution in [3.8, 4) is 16.9 Å². The molecule has 0 radical (unpaired) electrons. The van der Waals surface area contributed by atoms with Crippen LogP contribution in [0.25, 0.3) is 32.2 Å². The number of H-pyrrole nitrogens is 1. The Labute approximate surface area is 188 Å². The van der Waals surface area contributed by atoms with Crippen LogP contribution in [0.1, 0.15) is 43.0 Å². The molecule has 1 aliphatic heterocycles. The van der Waals surface area contributed by atoms with Gasteiger partial charge >= 0.3 is 0 Å². The summed E-state index contributed by atoms with van der Waals surface area (Å²) in [5, 5.41) is 4.27. The van der Waals surface area contributed by atoms with E-state index >= 15 is 0 Å². The molecule has 6 rings (SSSR count). The van der Waals surface area contributed by atoms with E-state index in [2.05, 4.69) is 39.4 Å². The summed E-state index contributed by atoms with van der Waals surface area (Å²) in [4.78, 5) is 26.2. The van der Waals surface area contributed by atoms with Gasteiger partial charge in [0.1, 0.15) is 10.2 Å². The number of nitrogens with zero attached hydrogens (tertiary/aromatic N) is 1. The van der Waals surface area contributed by atoms with Gasteiger partial charge in [0.25, 0.3) is 5.56 Å². The van der Waals surface area contributed by atoms with Crippen molar-refractivity contribution in [1.29, 1.82) is 0 Å². The summed E-state index contributed by atoms with van der Waals surface area (Å²) in [6.07, 6.45) is 2.07. The van der Waals surface area contributed by atoms with Gasteiger partial charge in [-0.25, -0.2) is 0 Å². The van der Waals surface area contributed by atoms with Gasteiger partial charge in [-0.05, 0) is 66.2 Å². The summed E-state index contributed by atoms with van der Waals surface area (Å²) in [7, 11) is 1.65. The van der Waals surface area contributed by atoms with Crippen LogP contribution in [0.2, 0.25) is 0 Å². The van der Waals surface area contributed by atoms with Gasteiger partial charge in [0.2, 0.25) is 5.43 Å². The largest absolute Gasteiger partial charge is 0.494 e. The monoisotopic (exact) mass is 455 g/mol. The van der Waals surface area contributed by atoms with E-state index < -0.39 is 0 Å². The van der Waals surface area contributed by atoms with E-state index in [1.807, 2.05) is 12.1 Å². The van der Waals surface area contributed by atoms with E-state index in [0.29, 0.717) is 22.0 Å². The molecule has 160 valence electrons. The van der Waals surface area contributed by atoms with Crippen molar-refractivity contribution < 1.29 is 4.74 Å². The number of hydrogen-bond donors (Lipinski definition) is 2. The molecular weight excluding hydrogens is 434 g/mol. The maximum absolute atomic E-state index is 13.2. The van der Waals surface area contributed by atoms with E-state index in [1.54, 1.807) is 7.11 Å². The highest BCUT2D eigenvalue weighted by atomic mass is 35.5. The fourth-order valence-corrected chi connectivity index (χ4v) is 5.65. The summed E-state index contributed by atoms with van der Waals surface area (Å²) in [5.41, 5.74) is 4.91. The summed E-state index contributed by atoms with van der Waals surface area (Å²) < 4.78 is 10.8. The topological polar surface area (TPSA) is 76.1 Å². The van der Waals surface area contributed by atoms with Gasteiger partial charge in [-0.15, -0.1) is 12.4 Å². The first kappa shape index (κ1) is 20.3. The summed E-state index contributed by atoms with van der Waals surface area (Å²) in [6, 6.07) is 10.9. The number of rotatable bonds is 3. The van der Waals surface area contributed by atoms with Crippen molar-refractivity contribution in [3.63, 3.8) is 0 Å². The Balaban J connectivity index is 0.00000204. The summed E-state index contributed by atoms with van der Waals surface area (Å²) in [6.45, 7) is 3.02. The van der Waals surface area contributed by atoms with Gasteiger partial charge in [0, 0.05) is 24.2 Å². The van der Waals surface area contributed by atoms with Gasteiger partial charge in [0.05, 0.1) is 18.0 Å². The van der Waals surface area contributed by atoms with E-state index in [4.69, 9.17) is 4.74 Å². The smallest absolute Gasteiger partial charge is 0.271 e. The maximum Gasteiger partial charge on any atom is 0.271 e. The molecule has 0 bridgehead atoms. The molecule has 1 atom stereocenters. The highest BCUT2D eigenvalue weighted by Gasteiger charge is 2.31. The zero-order chi connectivity index (χ0) is 20.6. The standard InChI is InChI=1S/C23H21N3O3S.ClH/c1-11-15-6-3-12(9-13(15)10-24-11)16-7-8-17-19(21(16)29-2)26(14-4-5-14)23-18(20(17)27)22(28)25-30-23;/h3,6-9,11,14,24H,4-5,10H2,1-2H3,(H,25,28);1H/t11-;/m1./s1. The number of halogens is 1. The molecular formula is C23H22ClN3O3S. The summed E-state index contributed by atoms with van der Waals surface area (Å²) in [5.74, 6) is 0.693. The quantitative estimate of drug-likeness (QED) is 0.477. The molecule has 2 aromatic carbocycles. The van der Waals surface area contributed by atoms with E-state index in [0.717, 1.165) is 36.0 Å². The Morgan fingerprint density at radius 1 is 1.16 bits per heavy atom. The Morgan fingerprint density at radius 3 is 2.71 bits per heavy atom. The van der Waals surface area contributed by atoms with Crippen LogP contribution < -0.4 is 21.0 Å². The van der Waals surface area contributed by atoms with E-state index in [-0.39, 0.29) is 34.8 Å². The molecule has 8 heteroatoms. The second-order valence-electron chi connectivity index (χ2n) is 8.20. The second kappa shape index (κ2) is 7.22. The molecule has 1 aliphatic carbocycles. The highest BCUT2D eigenvalue weighted by Crippen LogP contribution is 2.45. The third kappa shape index (κ3) is 2.87. The number of hydrogen-bond acceptors (Lipinski definition) is 5. The first-order chi connectivity index (χ1) is 14.6. The Kier molecular flexibility index (Phi) is 4.73. The number of fused-ring (bicyclic) bond motifs is 3. The highest BCUT2D eigenvalue weighted by molar-refractivity contribution is 7.12. The van der Waals surface area contributed by atoms with Crippen molar-refractivity contribution >= 4 is 45.1 Å². The molecule has 6 nitrogen and oxygen atoms in total. The van der Waals surface area contributed by atoms with Crippen molar-refractivity contribution in [1.82, 2.24) is 14.3 Å². The number of benzene rings is 2. The molecule has 0 saturated heterocycles. The van der Waals surface area contributed by atoms with Crippen LogP contribution in [0.3, 0.4) is 0 Å². The average molecular weight is 456 g/mol. The lowest BCUT2D eigenvalue weighted by Crippen LogP contribution is -2.15. The van der Waals surface area contributed by atoms with Crippen molar-refractivity contribution in [2.75, 3.05) is 7.11 Å². The molecule has 0 unspecified atom stereocenters. The van der Waals surface area contributed by atoms with Gasteiger partial charge < -0.3 is 14.6 Å². The van der Waals surface area contributed by atoms with Gasteiger partial charge in [-0.2, -0.15) is 0 Å². The predicted octanol–water partition coefficient (Wildman–Crippen LogP) is 4.50. The Bertz CT molecular complexity index is 1470. The van der Waals surface area contributed by atoms with Crippen LogP contribution in [0.5, 0.6) is 5.75 Å². The lowest BCUT2D eigenvalue weighted by atomic mass is 9.96. The number of pyridine rings is 1. The van der Waals surface area contributed by atoms with Crippen LogP contribution >= 0.6 is 23.9 Å². The first-order valence-corrected chi connectivity index (χ1v) is 11.0. The van der Waals surface area contributed by atoms with Crippen LogP contribution in [-0.4, -0.2) is 16.1 Å². The van der Waals surface area contributed by atoms with Crippen LogP contribution in [0.15, 0.2) is 39.9 Å². The van der Waals surface area contributed by atoms with Crippen molar-refractivity contribution in [2.24, 2.45) is 0 Å². The minimum absolute atomic E-state index is 0. The molecule has 2 N–H and O–H groups in total.